The van der Waals surface area contributed by atoms with E-state index < -0.39 is 0 Å². The van der Waals surface area contributed by atoms with Gasteiger partial charge in [-0.1, -0.05) is 12.1 Å². The Balaban J connectivity index is 2.34. The Morgan fingerprint density at radius 2 is 2.21 bits per heavy atom. The van der Waals surface area contributed by atoms with Crippen LogP contribution in [0.5, 0.6) is 5.75 Å². The summed E-state index contributed by atoms with van der Waals surface area (Å²) in [4.78, 5) is 0. The second kappa shape index (κ2) is 6.40. The van der Waals surface area contributed by atoms with Gasteiger partial charge in [0.1, 0.15) is 5.75 Å². The van der Waals surface area contributed by atoms with Crippen LogP contribution in [-0.2, 0) is 11.3 Å². The maximum absolute atomic E-state index is 5.44. The van der Waals surface area contributed by atoms with E-state index in [1.54, 1.807) is 7.11 Å². The van der Waals surface area contributed by atoms with Gasteiger partial charge in [-0.3, -0.25) is 0 Å². The van der Waals surface area contributed by atoms with E-state index in [9.17, 15) is 0 Å². The van der Waals surface area contributed by atoms with Crippen molar-refractivity contribution in [2.24, 2.45) is 0 Å². The van der Waals surface area contributed by atoms with E-state index in [0.29, 0.717) is 6.61 Å². The van der Waals surface area contributed by atoms with Crippen LogP contribution in [0.3, 0.4) is 0 Å². The van der Waals surface area contributed by atoms with Crippen LogP contribution in [0.4, 0.5) is 0 Å². The third-order valence-electron chi connectivity index (χ3n) is 1.90. The summed E-state index contributed by atoms with van der Waals surface area (Å²) in [5.41, 5.74) is 1.14. The highest BCUT2D eigenvalue weighted by atomic mass is 16.5. The predicted molar refractivity (Wildman–Crippen MR) is 56.6 cm³/mol. The first-order chi connectivity index (χ1) is 6.86. The first kappa shape index (κ1) is 11.0. The van der Waals surface area contributed by atoms with Gasteiger partial charge in [-0.05, 0) is 24.7 Å². The van der Waals surface area contributed by atoms with Gasteiger partial charge in [-0.2, -0.15) is 0 Å². The topological polar surface area (TPSA) is 30.5 Å². The predicted octanol–water partition coefficient (Wildman–Crippen LogP) is 1.43. The van der Waals surface area contributed by atoms with Crippen molar-refractivity contribution >= 4 is 0 Å². The highest BCUT2D eigenvalue weighted by Gasteiger charge is 1.95. The van der Waals surface area contributed by atoms with Crippen molar-refractivity contribution in [3.05, 3.63) is 29.8 Å². The monoisotopic (exact) mass is 195 g/mol. The third-order valence-corrected chi connectivity index (χ3v) is 1.90. The van der Waals surface area contributed by atoms with E-state index in [-0.39, 0.29) is 0 Å². The van der Waals surface area contributed by atoms with Crippen molar-refractivity contribution in [2.75, 3.05) is 27.3 Å². The van der Waals surface area contributed by atoms with Gasteiger partial charge >= 0.3 is 0 Å². The number of rotatable bonds is 6. The van der Waals surface area contributed by atoms with Crippen LogP contribution in [-0.4, -0.2) is 27.3 Å². The van der Waals surface area contributed by atoms with Gasteiger partial charge in [0.25, 0.3) is 0 Å². The average molecular weight is 195 g/mol. The fourth-order valence-corrected chi connectivity index (χ4v) is 1.13. The van der Waals surface area contributed by atoms with Crippen molar-refractivity contribution < 1.29 is 9.47 Å². The highest BCUT2D eigenvalue weighted by molar-refractivity contribution is 5.27. The zero-order valence-electron chi connectivity index (χ0n) is 8.75. The maximum atomic E-state index is 5.44. The minimum atomic E-state index is 0.638. The lowest BCUT2D eigenvalue weighted by atomic mass is 10.2. The molecule has 0 bridgehead atoms. The summed E-state index contributed by atoms with van der Waals surface area (Å²) in [6.45, 7) is 2.25. The summed E-state index contributed by atoms with van der Waals surface area (Å²) >= 11 is 0. The molecule has 0 aliphatic carbocycles. The Labute approximate surface area is 85.0 Å². The molecule has 0 aromatic heterocycles. The van der Waals surface area contributed by atoms with Crippen molar-refractivity contribution in [3.8, 4) is 5.75 Å². The summed E-state index contributed by atoms with van der Waals surface area (Å²) in [6, 6.07) is 7.91. The zero-order chi connectivity index (χ0) is 10.2. The summed E-state index contributed by atoms with van der Waals surface area (Å²) in [7, 11) is 3.58. The van der Waals surface area contributed by atoms with Crippen LogP contribution in [0.1, 0.15) is 5.56 Å². The number of hydrogen-bond acceptors (Lipinski definition) is 3. The van der Waals surface area contributed by atoms with Gasteiger partial charge in [-0.15, -0.1) is 0 Å². The molecular weight excluding hydrogens is 178 g/mol. The van der Waals surface area contributed by atoms with Crippen molar-refractivity contribution in [2.45, 2.75) is 6.61 Å². The van der Waals surface area contributed by atoms with Crippen LogP contribution < -0.4 is 10.1 Å². The number of likely N-dealkylation sites (N-methyl/N-ethyl adjacent to an activating group) is 1. The smallest absolute Gasteiger partial charge is 0.119 e. The molecule has 3 nitrogen and oxygen atoms in total. The number of methoxy groups -OCH3 is 1. The molecule has 0 aliphatic rings. The summed E-state index contributed by atoms with van der Waals surface area (Å²) in [5.74, 6) is 0.875. The fraction of sp³-hybridized carbons (Fsp3) is 0.455. The molecule has 0 atom stereocenters. The minimum Gasteiger partial charge on any atom is -0.497 e. The van der Waals surface area contributed by atoms with E-state index in [0.717, 1.165) is 24.5 Å². The summed E-state index contributed by atoms with van der Waals surface area (Å²) in [6.07, 6.45) is 0. The fourth-order valence-electron chi connectivity index (χ4n) is 1.13. The summed E-state index contributed by atoms with van der Waals surface area (Å²) < 4.78 is 10.6. The van der Waals surface area contributed by atoms with Gasteiger partial charge in [-0.25, -0.2) is 0 Å². The average Bonchev–Trinajstić information content (AvgIpc) is 2.25. The van der Waals surface area contributed by atoms with E-state index in [2.05, 4.69) is 5.32 Å². The van der Waals surface area contributed by atoms with E-state index in [4.69, 9.17) is 9.47 Å². The lowest BCUT2D eigenvalue weighted by molar-refractivity contribution is 0.124. The molecular formula is C11H17NO2. The van der Waals surface area contributed by atoms with Crippen LogP contribution >= 0.6 is 0 Å². The van der Waals surface area contributed by atoms with Crippen molar-refractivity contribution in [3.63, 3.8) is 0 Å². The molecule has 14 heavy (non-hydrogen) atoms. The highest BCUT2D eigenvalue weighted by Crippen LogP contribution is 2.12. The lowest BCUT2D eigenvalue weighted by Gasteiger charge is -2.05. The molecule has 0 amide bonds. The minimum absolute atomic E-state index is 0.638. The molecule has 3 heteroatoms. The summed E-state index contributed by atoms with van der Waals surface area (Å²) in [5, 5.41) is 3.03. The van der Waals surface area contributed by atoms with Gasteiger partial charge in [0, 0.05) is 6.54 Å². The molecule has 1 aromatic carbocycles. The largest absolute Gasteiger partial charge is 0.497 e. The van der Waals surface area contributed by atoms with Gasteiger partial charge in [0.15, 0.2) is 0 Å². The third kappa shape index (κ3) is 3.77. The lowest BCUT2D eigenvalue weighted by Crippen LogP contribution is -2.13. The second-order valence-electron chi connectivity index (χ2n) is 3.01. The SMILES string of the molecule is CNCCOCc1cccc(OC)c1. The van der Waals surface area contributed by atoms with E-state index >= 15 is 0 Å². The Morgan fingerprint density at radius 3 is 2.93 bits per heavy atom. The molecule has 0 saturated heterocycles. The molecule has 0 unspecified atom stereocenters. The maximum Gasteiger partial charge on any atom is 0.119 e. The molecule has 1 N–H and O–H groups in total. The standard InChI is InChI=1S/C11H17NO2/c1-12-6-7-14-9-10-4-3-5-11(8-10)13-2/h3-5,8,12H,6-7,9H2,1-2H3. The zero-order valence-corrected chi connectivity index (χ0v) is 8.75. The van der Waals surface area contributed by atoms with Crippen LogP contribution in [0.2, 0.25) is 0 Å². The molecule has 0 spiro atoms. The number of benzene rings is 1. The number of ether oxygens (including phenoxy) is 2. The van der Waals surface area contributed by atoms with Gasteiger partial charge in [0.05, 0.1) is 20.3 Å². The Morgan fingerprint density at radius 1 is 1.36 bits per heavy atom. The van der Waals surface area contributed by atoms with Crippen LogP contribution in [0.15, 0.2) is 24.3 Å². The number of hydrogen-bond donors (Lipinski definition) is 1. The second-order valence-corrected chi connectivity index (χ2v) is 3.01. The Kier molecular flexibility index (Phi) is 5.04. The van der Waals surface area contributed by atoms with Crippen molar-refractivity contribution in [1.82, 2.24) is 5.32 Å². The van der Waals surface area contributed by atoms with Crippen LogP contribution in [0.25, 0.3) is 0 Å². The van der Waals surface area contributed by atoms with E-state index in [1.807, 2.05) is 31.3 Å². The molecule has 0 fully saturated rings. The first-order valence-corrected chi connectivity index (χ1v) is 4.72. The quantitative estimate of drug-likeness (QED) is 0.697. The molecule has 78 valence electrons. The number of nitrogens with one attached hydrogen (secondary N) is 1. The molecule has 0 heterocycles. The Bertz CT molecular complexity index is 263. The molecule has 0 radical (unpaired) electrons. The van der Waals surface area contributed by atoms with Gasteiger partial charge in [0.2, 0.25) is 0 Å². The molecule has 1 rings (SSSR count). The molecule has 1 aromatic rings. The van der Waals surface area contributed by atoms with Crippen molar-refractivity contribution in [1.29, 1.82) is 0 Å². The first-order valence-electron chi connectivity index (χ1n) is 4.72. The van der Waals surface area contributed by atoms with Gasteiger partial charge < -0.3 is 14.8 Å². The normalized spacial score (nSPS) is 10.1. The molecule has 0 aliphatic heterocycles. The van der Waals surface area contributed by atoms with Crippen LogP contribution in [0, 0.1) is 0 Å². The van der Waals surface area contributed by atoms with E-state index in [1.165, 1.54) is 0 Å². The Hall–Kier alpha value is -1.06. The molecule has 0 saturated carbocycles.